The number of hydrogen-bond acceptors (Lipinski definition) is 17. The Kier molecular flexibility index (Phi) is 23.6. The van der Waals surface area contributed by atoms with Gasteiger partial charge in [0.1, 0.15) is 130 Å². The largest absolute Gasteiger partial charge is 0.487 e. The van der Waals surface area contributed by atoms with Crippen molar-refractivity contribution >= 4 is 35.2 Å². The average Bonchev–Trinajstić information content (AvgIpc) is 1.74. The Morgan fingerprint density at radius 3 is 1.28 bits per heavy atom. The SMILES string of the molecule is COc1nccnc1CN1CCn2nc(COc3cccc(F)c3)cc2C1=O.C[C@@H]1Cn2nc(COc3ccc(F)cc3)cc2C(=O)N1Cc1ccccc1.O=C1c2cc(COc3ccc(F)cc3)nn2CCN1Cc1ncccc1Cl.O=C1c2cc(COc3cccc(F)c3)nn2CCN1Cc1ncccc1F. The lowest BCUT2D eigenvalue weighted by atomic mass is 10.1. The quantitative estimate of drug-likeness (QED) is 0.0606. The van der Waals surface area contributed by atoms with Crippen molar-refractivity contribution in [3.05, 3.63) is 303 Å². The first-order valence-corrected chi connectivity index (χ1v) is 34.9. The summed E-state index contributed by atoms with van der Waals surface area (Å²) in [7, 11) is 1.52. The Bertz CT molecular complexity index is 5190. The van der Waals surface area contributed by atoms with Gasteiger partial charge in [-0.2, -0.15) is 20.4 Å². The lowest BCUT2D eigenvalue weighted by Gasteiger charge is -2.33. The summed E-state index contributed by atoms with van der Waals surface area (Å²) in [4.78, 5) is 74.6. The van der Waals surface area contributed by atoms with Crippen LogP contribution in [0.3, 0.4) is 0 Å². The third-order valence-corrected chi connectivity index (χ3v) is 18.0. The second-order valence-corrected chi connectivity index (χ2v) is 25.6. The highest BCUT2D eigenvalue weighted by Crippen LogP contribution is 2.27. The molecule has 0 spiro atoms. The molecule has 0 N–H and O–H groups in total. The molecule has 7 aromatic heterocycles. The number of pyridine rings is 2. The van der Waals surface area contributed by atoms with Gasteiger partial charge in [0, 0.05) is 69.1 Å². The van der Waals surface area contributed by atoms with Crippen molar-refractivity contribution in [2.75, 3.05) is 26.7 Å². The molecule has 11 heterocycles. The van der Waals surface area contributed by atoms with Crippen LogP contribution in [-0.4, -0.2) is 135 Å². The highest BCUT2D eigenvalue weighted by Gasteiger charge is 2.34. The van der Waals surface area contributed by atoms with E-state index in [4.69, 9.17) is 35.3 Å². The van der Waals surface area contributed by atoms with E-state index in [9.17, 15) is 41.1 Å². The van der Waals surface area contributed by atoms with Gasteiger partial charge in [0.05, 0.1) is 69.3 Å². The number of halogens is 6. The van der Waals surface area contributed by atoms with E-state index < -0.39 is 5.82 Å². The highest BCUT2D eigenvalue weighted by molar-refractivity contribution is 6.31. The summed E-state index contributed by atoms with van der Waals surface area (Å²) in [5.74, 6) is -0.0540. The fraction of sp³-hybridized carbons (Fsp3) is 0.231. The van der Waals surface area contributed by atoms with Crippen LogP contribution < -0.4 is 23.7 Å². The first-order valence-electron chi connectivity index (χ1n) is 34.5. The molecule has 0 aliphatic carbocycles. The fourth-order valence-electron chi connectivity index (χ4n) is 12.1. The van der Waals surface area contributed by atoms with E-state index in [0.717, 1.165) is 5.56 Å². The third-order valence-electron chi connectivity index (χ3n) is 17.6. The second kappa shape index (κ2) is 34.6. The summed E-state index contributed by atoms with van der Waals surface area (Å²) >= 11 is 6.15. The summed E-state index contributed by atoms with van der Waals surface area (Å²) in [6, 6.07) is 46.5. The van der Waals surface area contributed by atoms with E-state index in [1.807, 2.05) is 42.2 Å². The molecule has 31 heteroatoms. The number of carbonyl (C=O) groups is 4. The maximum Gasteiger partial charge on any atom is 0.272 e. The molecule has 5 aromatic carbocycles. The monoisotopic (exact) mass is 1500 g/mol. The lowest BCUT2D eigenvalue weighted by molar-refractivity contribution is 0.0583. The minimum atomic E-state index is -0.437. The summed E-state index contributed by atoms with van der Waals surface area (Å²) in [6.45, 7) is 7.77. The van der Waals surface area contributed by atoms with Crippen LogP contribution in [0.25, 0.3) is 0 Å². The molecule has 16 rings (SSSR count). The van der Waals surface area contributed by atoms with Crippen LogP contribution in [0, 0.1) is 29.1 Å². The molecule has 109 heavy (non-hydrogen) atoms. The standard InChI is InChI=1S/C21H20FN3O2.C19H16ClFN4O2.C19H16F2N4O2.C19H18FN5O3/c1-15-12-25-20(21(26)24(15)13-16-5-3-2-4-6-16)11-18(23-25)14-27-19-9-7-17(22)8-10-19;20-16-2-1-7-22-17(16)11-24-8-9-25-18(19(24)26)10-14(23-25)12-27-15-5-3-13(21)4-6-15;20-13-3-1-4-15(9-13)27-12-14-10-18-19(26)24(7-8-25(18)23-14)11-17-16(21)5-2-6-22-17;1-27-18-16(21-5-6-22-18)11-24-7-8-25-17(19(24)26)10-14(23-25)12-28-15-4-2-3-13(20)9-15/h2-11,15H,12-14H2,1H3;1-7,10H,8-9,11-12H2;1-6,9-10H,7-8,11-12H2;2-6,9-10H,7-8,11-12H2,1H3/t15-;;;/m1.../s1. The van der Waals surface area contributed by atoms with Crippen LogP contribution in [0.1, 0.15) is 94.3 Å². The van der Waals surface area contributed by atoms with E-state index in [-0.39, 0.29) is 91.6 Å². The number of rotatable bonds is 21. The molecule has 4 amide bonds. The van der Waals surface area contributed by atoms with Crippen molar-refractivity contribution in [3.8, 4) is 28.9 Å². The Balaban J connectivity index is 0.000000128. The smallest absolute Gasteiger partial charge is 0.272 e. The van der Waals surface area contributed by atoms with E-state index >= 15 is 0 Å². The summed E-state index contributed by atoms with van der Waals surface area (Å²) in [5, 5.41) is 18.2. The maximum atomic E-state index is 13.8. The van der Waals surface area contributed by atoms with Crippen LogP contribution in [0.2, 0.25) is 5.02 Å². The molecule has 0 fully saturated rings. The van der Waals surface area contributed by atoms with Crippen molar-refractivity contribution < 1.29 is 64.8 Å². The Morgan fingerprint density at radius 2 is 0.817 bits per heavy atom. The molecular weight excluding hydrogens is 1440 g/mol. The van der Waals surface area contributed by atoms with Gasteiger partial charge in [-0.25, -0.2) is 26.9 Å². The Hall–Kier alpha value is -12.9. The molecule has 12 aromatic rings. The normalized spacial score (nSPS) is 14.2. The molecule has 4 aliphatic rings. The second-order valence-electron chi connectivity index (χ2n) is 25.2. The molecule has 1 atom stereocenters. The average molecular weight is 1510 g/mol. The topological polar surface area (TPSA) is 250 Å². The van der Waals surface area contributed by atoms with Crippen molar-refractivity contribution in [2.45, 2.75) is 91.8 Å². The van der Waals surface area contributed by atoms with Gasteiger partial charge in [0.2, 0.25) is 5.88 Å². The van der Waals surface area contributed by atoms with Crippen LogP contribution in [0.4, 0.5) is 22.0 Å². The number of aromatic nitrogens is 12. The Morgan fingerprint density at radius 1 is 0.394 bits per heavy atom. The summed E-state index contributed by atoms with van der Waals surface area (Å²) in [5.41, 5.74) is 7.05. The van der Waals surface area contributed by atoms with E-state index in [1.54, 1.807) is 137 Å². The molecule has 0 saturated heterocycles. The maximum absolute atomic E-state index is 13.8. The minimum absolute atomic E-state index is 0.0295. The van der Waals surface area contributed by atoms with E-state index in [0.29, 0.717) is 156 Å². The molecule has 4 aliphatic heterocycles. The number of carbonyl (C=O) groups excluding carboxylic acids is 4. The number of methoxy groups -OCH3 is 1. The van der Waals surface area contributed by atoms with Gasteiger partial charge in [-0.1, -0.05) is 54.1 Å². The van der Waals surface area contributed by atoms with Gasteiger partial charge >= 0.3 is 0 Å². The number of ether oxygens (including phenoxy) is 5. The third kappa shape index (κ3) is 18.9. The molecule has 0 saturated carbocycles. The van der Waals surface area contributed by atoms with Crippen LogP contribution >= 0.6 is 11.6 Å². The number of nitrogens with zero attached hydrogens (tertiary/aromatic N) is 16. The molecule has 25 nitrogen and oxygen atoms in total. The van der Waals surface area contributed by atoms with E-state index in [2.05, 4.69) is 40.3 Å². The van der Waals surface area contributed by atoms with E-state index in [1.165, 1.54) is 74.0 Å². The highest BCUT2D eigenvalue weighted by atomic mass is 35.5. The van der Waals surface area contributed by atoms with Gasteiger partial charge < -0.3 is 43.3 Å². The van der Waals surface area contributed by atoms with Crippen LogP contribution in [0.15, 0.2) is 201 Å². The van der Waals surface area contributed by atoms with Gasteiger partial charge in [-0.05, 0) is 134 Å². The zero-order valence-corrected chi connectivity index (χ0v) is 59.6. The molecular formula is C78H70ClF5N16O9. The van der Waals surface area contributed by atoms with Crippen LogP contribution in [-0.2, 0) is 78.8 Å². The molecule has 0 bridgehead atoms. The number of hydrogen-bond donors (Lipinski definition) is 0. The molecule has 0 radical (unpaired) electrons. The molecule has 0 unspecified atom stereocenters. The minimum Gasteiger partial charge on any atom is -0.487 e. The summed E-state index contributed by atoms with van der Waals surface area (Å²) < 4.78 is 100. The zero-order valence-electron chi connectivity index (χ0n) is 58.8. The predicted octanol–water partition coefficient (Wildman–Crippen LogP) is 11.8. The van der Waals surface area contributed by atoms with Crippen LogP contribution in [0.5, 0.6) is 28.9 Å². The number of amides is 4. The fourth-order valence-corrected chi connectivity index (χ4v) is 12.3. The lowest BCUT2D eigenvalue weighted by Crippen LogP contribution is -2.46. The number of fused-ring (bicyclic) bond motifs is 4. The summed E-state index contributed by atoms with van der Waals surface area (Å²) in [6.07, 6.45) is 6.27. The van der Waals surface area contributed by atoms with Crippen molar-refractivity contribution in [1.29, 1.82) is 0 Å². The van der Waals surface area contributed by atoms with Gasteiger partial charge in [-0.3, -0.25) is 52.9 Å². The van der Waals surface area contributed by atoms with Crippen molar-refractivity contribution in [2.24, 2.45) is 0 Å². The zero-order chi connectivity index (χ0) is 75.9. The predicted molar refractivity (Wildman–Crippen MR) is 384 cm³/mol. The Labute approximate surface area is 626 Å². The number of benzene rings is 5. The van der Waals surface area contributed by atoms with Crippen molar-refractivity contribution in [3.63, 3.8) is 0 Å². The van der Waals surface area contributed by atoms with Gasteiger partial charge in [-0.15, -0.1) is 0 Å². The van der Waals surface area contributed by atoms with Crippen molar-refractivity contribution in [1.82, 2.24) is 78.7 Å². The van der Waals surface area contributed by atoms with Gasteiger partial charge in [0.25, 0.3) is 23.6 Å². The van der Waals surface area contributed by atoms with Gasteiger partial charge in [0.15, 0.2) is 0 Å². The first-order chi connectivity index (χ1) is 52.9. The molecule has 558 valence electrons. The first kappa shape index (κ1) is 74.4.